The summed E-state index contributed by atoms with van der Waals surface area (Å²) in [5.74, 6) is 0.930. The summed E-state index contributed by atoms with van der Waals surface area (Å²) < 4.78 is 5.23. The molecule has 0 radical (unpaired) electrons. The monoisotopic (exact) mass is 352 g/mol. The lowest BCUT2D eigenvalue weighted by Gasteiger charge is -2.37. The lowest BCUT2D eigenvalue weighted by molar-refractivity contribution is -0.119. The van der Waals surface area contributed by atoms with Crippen LogP contribution in [0.1, 0.15) is 35.2 Å². The van der Waals surface area contributed by atoms with Gasteiger partial charge in [-0.05, 0) is 48.1 Å². The van der Waals surface area contributed by atoms with Crippen LogP contribution in [0.4, 0.5) is 0 Å². The van der Waals surface area contributed by atoms with Crippen molar-refractivity contribution in [2.75, 3.05) is 19.7 Å². The molecular formula is C21H24N2O3. The smallest absolute Gasteiger partial charge is 0.255 e. The van der Waals surface area contributed by atoms with E-state index in [4.69, 9.17) is 10.5 Å². The van der Waals surface area contributed by atoms with Gasteiger partial charge in [0.05, 0.1) is 0 Å². The van der Waals surface area contributed by atoms with E-state index in [-0.39, 0.29) is 12.5 Å². The Bertz CT molecular complexity index is 759. The van der Waals surface area contributed by atoms with Gasteiger partial charge in [0.15, 0.2) is 6.61 Å². The summed E-state index contributed by atoms with van der Waals surface area (Å²) in [4.78, 5) is 25.4. The van der Waals surface area contributed by atoms with Crippen LogP contribution in [0.25, 0.3) is 0 Å². The molecular weight excluding hydrogens is 328 g/mol. The van der Waals surface area contributed by atoms with Gasteiger partial charge in [-0.15, -0.1) is 0 Å². The highest BCUT2D eigenvalue weighted by molar-refractivity contribution is 5.94. The third-order valence-corrected chi connectivity index (χ3v) is 4.90. The molecule has 5 heteroatoms. The summed E-state index contributed by atoms with van der Waals surface area (Å²) in [6.07, 6.45) is 0.969. The van der Waals surface area contributed by atoms with Crippen LogP contribution in [0.15, 0.2) is 54.6 Å². The Labute approximate surface area is 153 Å². The molecule has 0 saturated carbocycles. The fraction of sp³-hybridized carbons (Fsp3) is 0.333. The van der Waals surface area contributed by atoms with Gasteiger partial charge in [-0.2, -0.15) is 0 Å². The molecule has 0 bridgehead atoms. The molecule has 1 saturated heterocycles. The van der Waals surface area contributed by atoms with Crippen molar-refractivity contribution in [3.63, 3.8) is 0 Å². The number of likely N-dealkylation sites (tertiary alicyclic amines) is 1. The average Bonchev–Trinajstić information content (AvgIpc) is 2.67. The van der Waals surface area contributed by atoms with Crippen LogP contribution in [-0.4, -0.2) is 36.4 Å². The Morgan fingerprint density at radius 3 is 2.42 bits per heavy atom. The van der Waals surface area contributed by atoms with E-state index in [1.165, 1.54) is 5.56 Å². The van der Waals surface area contributed by atoms with Gasteiger partial charge in [-0.3, -0.25) is 9.59 Å². The summed E-state index contributed by atoms with van der Waals surface area (Å²) in [7, 11) is 0. The molecule has 2 N–H and O–H groups in total. The lowest BCUT2D eigenvalue weighted by atomic mass is 9.81. The maximum absolute atomic E-state index is 12.8. The fourth-order valence-electron chi connectivity index (χ4n) is 3.56. The normalized spacial score (nSPS) is 19.8. The molecule has 2 unspecified atom stereocenters. The molecule has 2 aromatic carbocycles. The number of primary amides is 1. The van der Waals surface area contributed by atoms with Crippen molar-refractivity contribution in [1.29, 1.82) is 0 Å². The summed E-state index contributed by atoms with van der Waals surface area (Å²) >= 11 is 0. The van der Waals surface area contributed by atoms with Gasteiger partial charge in [-0.25, -0.2) is 0 Å². The van der Waals surface area contributed by atoms with Crippen molar-refractivity contribution in [1.82, 2.24) is 4.90 Å². The third kappa shape index (κ3) is 4.23. The van der Waals surface area contributed by atoms with Crippen molar-refractivity contribution < 1.29 is 14.3 Å². The first kappa shape index (κ1) is 18.0. The zero-order valence-corrected chi connectivity index (χ0v) is 14.9. The lowest BCUT2D eigenvalue weighted by Crippen LogP contribution is -2.42. The number of piperidine rings is 1. The van der Waals surface area contributed by atoms with Crippen molar-refractivity contribution in [3.8, 4) is 5.75 Å². The van der Waals surface area contributed by atoms with Gasteiger partial charge in [-0.1, -0.05) is 37.3 Å². The van der Waals surface area contributed by atoms with Crippen LogP contribution in [-0.2, 0) is 4.79 Å². The molecule has 1 heterocycles. The number of hydrogen-bond donors (Lipinski definition) is 1. The van der Waals surface area contributed by atoms with Crippen LogP contribution in [0.5, 0.6) is 5.75 Å². The quantitative estimate of drug-likeness (QED) is 0.899. The molecule has 26 heavy (non-hydrogen) atoms. The highest BCUT2D eigenvalue weighted by Crippen LogP contribution is 2.33. The van der Waals surface area contributed by atoms with Gasteiger partial charge >= 0.3 is 0 Å². The topological polar surface area (TPSA) is 72.6 Å². The number of rotatable bonds is 5. The van der Waals surface area contributed by atoms with Gasteiger partial charge in [0.1, 0.15) is 5.75 Å². The predicted octanol–water partition coefficient (Wildman–Crippen LogP) is 2.82. The van der Waals surface area contributed by atoms with Crippen molar-refractivity contribution in [3.05, 3.63) is 65.7 Å². The number of nitrogens with zero attached hydrogens (tertiary/aromatic N) is 1. The van der Waals surface area contributed by atoms with Gasteiger partial charge in [0.2, 0.25) is 0 Å². The molecule has 1 fully saturated rings. The minimum Gasteiger partial charge on any atom is -0.484 e. The minimum atomic E-state index is -0.527. The number of ether oxygens (including phenoxy) is 1. The minimum absolute atomic E-state index is 0.0322. The second-order valence-electron chi connectivity index (χ2n) is 6.81. The van der Waals surface area contributed by atoms with Crippen molar-refractivity contribution in [2.24, 2.45) is 11.7 Å². The van der Waals surface area contributed by atoms with Gasteiger partial charge < -0.3 is 15.4 Å². The first-order valence-corrected chi connectivity index (χ1v) is 8.90. The molecule has 2 amide bonds. The first-order valence-electron chi connectivity index (χ1n) is 8.90. The standard InChI is InChI=1S/C21H24N2O3/c1-15-13-23(12-11-19(15)16-5-3-2-4-6-16)21(25)17-7-9-18(10-8-17)26-14-20(22)24/h2-10,15,19H,11-14H2,1H3,(H2,22,24). The van der Waals surface area contributed by atoms with E-state index in [1.54, 1.807) is 24.3 Å². The molecule has 136 valence electrons. The Kier molecular flexibility index (Phi) is 5.56. The van der Waals surface area contributed by atoms with Crippen LogP contribution >= 0.6 is 0 Å². The Hall–Kier alpha value is -2.82. The maximum atomic E-state index is 12.8. The van der Waals surface area contributed by atoms with Gasteiger partial charge in [0.25, 0.3) is 11.8 Å². The van der Waals surface area contributed by atoms with Crippen LogP contribution in [0, 0.1) is 5.92 Å². The fourth-order valence-corrected chi connectivity index (χ4v) is 3.56. The Morgan fingerprint density at radius 1 is 1.12 bits per heavy atom. The predicted molar refractivity (Wildman–Crippen MR) is 100.0 cm³/mol. The molecule has 1 aliphatic heterocycles. The molecule has 2 atom stereocenters. The highest BCUT2D eigenvalue weighted by Gasteiger charge is 2.29. The second kappa shape index (κ2) is 8.04. The SMILES string of the molecule is CC1CN(C(=O)c2ccc(OCC(N)=O)cc2)CCC1c1ccccc1. The summed E-state index contributed by atoms with van der Waals surface area (Å²) in [5, 5.41) is 0. The Morgan fingerprint density at radius 2 is 1.81 bits per heavy atom. The molecule has 3 rings (SSSR count). The van der Waals surface area contributed by atoms with E-state index in [0.29, 0.717) is 23.1 Å². The van der Waals surface area contributed by atoms with Gasteiger partial charge in [0, 0.05) is 18.7 Å². The molecule has 0 aliphatic carbocycles. The number of nitrogens with two attached hydrogens (primary N) is 1. The number of carbonyl (C=O) groups is 2. The van der Waals surface area contributed by atoms with E-state index in [0.717, 1.165) is 19.5 Å². The van der Waals surface area contributed by atoms with Crippen LogP contribution in [0.3, 0.4) is 0 Å². The van der Waals surface area contributed by atoms with E-state index < -0.39 is 5.91 Å². The third-order valence-electron chi connectivity index (χ3n) is 4.90. The summed E-state index contributed by atoms with van der Waals surface area (Å²) in [5.41, 5.74) is 7.03. The molecule has 5 nitrogen and oxygen atoms in total. The molecule has 0 aromatic heterocycles. The van der Waals surface area contributed by atoms with Crippen molar-refractivity contribution in [2.45, 2.75) is 19.3 Å². The van der Waals surface area contributed by atoms with Crippen LogP contribution in [0.2, 0.25) is 0 Å². The maximum Gasteiger partial charge on any atom is 0.255 e. The second-order valence-corrected chi connectivity index (χ2v) is 6.81. The zero-order valence-electron chi connectivity index (χ0n) is 14.9. The highest BCUT2D eigenvalue weighted by atomic mass is 16.5. The number of benzene rings is 2. The molecule has 2 aromatic rings. The number of carbonyl (C=O) groups excluding carboxylic acids is 2. The zero-order chi connectivity index (χ0) is 18.5. The first-order chi connectivity index (χ1) is 12.5. The Balaban J connectivity index is 1.61. The van der Waals surface area contributed by atoms with E-state index in [9.17, 15) is 9.59 Å². The van der Waals surface area contributed by atoms with Crippen LogP contribution < -0.4 is 10.5 Å². The average molecular weight is 352 g/mol. The number of hydrogen-bond acceptors (Lipinski definition) is 3. The molecule has 1 aliphatic rings. The largest absolute Gasteiger partial charge is 0.484 e. The van der Waals surface area contributed by atoms with E-state index >= 15 is 0 Å². The number of amides is 2. The van der Waals surface area contributed by atoms with Crippen molar-refractivity contribution >= 4 is 11.8 Å². The molecule has 0 spiro atoms. The summed E-state index contributed by atoms with van der Waals surface area (Å²) in [6, 6.07) is 17.4. The van der Waals surface area contributed by atoms with E-state index in [2.05, 4.69) is 31.2 Å². The van der Waals surface area contributed by atoms with E-state index in [1.807, 2.05) is 11.0 Å². The summed E-state index contributed by atoms with van der Waals surface area (Å²) in [6.45, 7) is 3.54.